The number of hydrogen-bond acceptors (Lipinski definition) is 3. The van der Waals surface area contributed by atoms with E-state index in [1.807, 2.05) is 6.07 Å². The van der Waals surface area contributed by atoms with Gasteiger partial charge in [0.2, 0.25) is 0 Å². The van der Waals surface area contributed by atoms with E-state index in [1.165, 1.54) is 0 Å². The molecule has 0 radical (unpaired) electrons. The Balaban J connectivity index is 0.000000364. The van der Waals surface area contributed by atoms with Gasteiger partial charge in [0.1, 0.15) is 0 Å². The molecule has 0 aliphatic heterocycles. The summed E-state index contributed by atoms with van der Waals surface area (Å²) in [6.07, 6.45) is 0. The van der Waals surface area contributed by atoms with E-state index in [0.29, 0.717) is 10.6 Å². The van der Waals surface area contributed by atoms with Crippen LogP contribution in [0.1, 0.15) is 17.3 Å². The van der Waals surface area contributed by atoms with Crippen LogP contribution in [0.3, 0.4) is 0 Å². The molecule has 0 unspecified atom stereocenters. The van der Waals surface area contributed by atoms with Crippen LogP contribution in [0, 0.1) is 0 Å². The Bertz CT molecular complexity index is 321. The molecule has 14 heavy (non-hydrogen) atoms. The second-order valence-electron chi connectivity index (χ2n) is 2.37. The van der Waals surface area contributed by atoms with E-state index in [2.05, 4.69) is 29.0 Å². The van der Waals surface area contributed by atoms with Crippen molar-refractivity contribution in [1.82, 2.24) is 0 Å². The monoisotopic (exact) mass is 226 g/mol. The number of amides is 1. The zero-order valence-corrected chi connectivity index (χ0v) is 9.27. The largest absolute Gasteiger partial charge is 0.394 e. The van der Waals surface area contributed by atoms with Crippen molar-refractivity contribution in [1.29, 1.82) is 0 Å². The topological polar surface area (TPSA) is 55.5 Å². The molecular weight excluding hydrogens is 216 g/mol. The summed E-state index contributed by atoms with van der Waals surface area (Å²) in [5, 5.41) is 0. The van der Waals surface area contributed by atoms with Crippen LogP contribution < -0.4 is 5.73 Å². The molecule has 2 N–H and O–H groups in total. The molecule has 0 saturated heterocycles. The van der Waals surface area contributed by atoms with Crippen LogP contribution in [-0.2, 0) is 12.4 Å². The van der Waals surface area contributed by atoms with Gasteiger partial charge in [0.25, 0.3) is 5.91 Å². The highest BCUT2D eigenvalue weighted by Crippen LogP contribution is 1.99. The van der Waals surface area contributed by atoms with Gasteiger partial charge in [-0.15, -0.1) is 4.36 Å². The summed E-state index contributed by atoms with van der Waals surface area (Å²) in [6, 6.07) is 8.73. The van der Waals surface area contributed by atoms with Crippen molar-refractivity contribution in [2.24, 2.45) is 10.1 Å². The molecule has 0 spiro atoms. The summed E-state index contributed by atoms with van der Waals surface area (Å²) < 4.78 is 3.10. The lowest BCUT2D eigenvalue weighted by molar-refractivity contribution is 0.101. The predicted molar refractivity (Wildman–Crippen MR) is 63.0 cm³/mol. The highest BCUT2D eigenvalue weighted by molar-refractivity contribution is 7.80. The quantitative estimate of drug-likeness (QED) is 0.742. The molecule has 0 aliphatic rings. The van der Waals surface area contributed by atoms with Gasteiger partial charge in [0.15, 0.2) is 0 Å². The van der Waals surface area contributed by atoms with E-state index in [-0.39, 0.29) is 5.91 Å². The van der Waals surface area contributed by atoms with E-state index in [1.54, 1.807) is 31.2 Å². The van der Waals surface area contributed by atoms with Crippen molar-refractivity contribution in [2.75, 3.05) is 0 Å². The van der Waals surface area contributed by atoms with Gasteiger partial charge in [-0.3, -0.25) is 4.79 Å². The standard InChI is InChI=1S/C7H5NOS.C2H5NS/c9-7(8-10)6-4-2-1-3-5-6;1-2(3)4/h1-5H;1H3,(H2,3,4). The number of nitrogens with two attached hydrogens (primary N) is 1. The Hall–Kier alpha value is -1.20. The van der Waals surface area contributed by atoms with Crippen LogP contribution in [-0.4, -0.2) is 10.9 Å². The van der Waals surface area contributed by atoms with Gasteiger partial charge in [0, 0.05) is 18.0 Å². The number of nitrogens with zero attached hydrogens (tertiary/aromatic N) is 1. The summed E-state index contributed by atoms with van der Waals surface area (Å²) in [5.41, 5.74) is 5.38. The van der Waals surface area contributed by atoms with Gasteiger partial charge >= 0.3 is 0 Å². The minimum atomic E-state index is -0.351. The fraction of sp³-hybridized carbons (Fsp3) is 0.111. The molecule has 1 aromatic carbocycles. The van der Waals surface area contributed by atoms with Crippen LogP contribution >= 0.6 is 12.2 Å². The normalized spacial score (nSPS) is 8.07. The first-order chi connectivity index (χ1) is 6.57. The second-order valence-corrected chi connectivity index (χ2v) is 3.20. The van der Waals surface area contributed by atoms with E-state index in [4.69, 9.17) is 5.73 Å². The molecule has 5 heteroatoms. The molecule has 1 rings (SSSR count). The van der Waals surface area contributed by atoms with E-state index >= 15 is 0 Å². The molecule has 0 aliphatic carbocycles. The number of hydrogen-bond donors (Lipinski definition) is 1. The maximum Gasteiger partial charge on any atom is 0.288 e. The maximum absolute atomic E-state index is 10.7. The van der Waals surface area contributed by atoms with Crippen LogP contribution in [0.2, 0.25) is 0 Å². The molecule has 0 bridgehead atoms. The Kier molecular flexibility index (Phi) is 6.61. The van der Waals surface area contributed by atoms with Crippen molar-refractivity contribution >= 4 is 35.5 Å². The summed E-state index contributed by atoms with van der Waals surface area (Å²) in [7, 11) is 0. The summed E-state index contributed by atoms with van der Waals surface area (Å²) in [5.74, 6) is -0.351. The molecule has 0 aromatic heterocycles. The smallest absolute Gasteiger partial charge is 0.288 e. The van der Waals surface area contributed by atoms with Gasteiger partial charge in [-0.1, -0.05) is 30.4 Å². The van der Waals surface area contributed by atoms with Crippen LogP contribution in [0.4, 0.5) is 0 Å². The average molecular weight is 226 g/mol. The van der Waals surface area contributed by atoms with Gasteiger partial charge in [-0.25, -0.2) is 0 Å². The van der Waals surface area contributed by atoms with Crippen LogP contribution in [0.5, 0.6) is 0 Å². The molecule has 0 heterocycles. The Morgan fingerprint density at radius 3 is 2.14 bits per heavy atom. The van der Waals surface area contributed by atoms with E-state index in [9.17, 15) is 4.79 Å². The third-order valence-electron chi connectivity index (χ3n) is 1.10. The average Bonchev–Trinajstić information content (AvgIpc) is 2.17. The number of carbonyl (C=O) groups is 1. The number of benzene rings is 1. The highest BCUT2D eigenvalue weighted by Gasteiger charge is 1.98. The number of carbonyl (C=O) groups excluding carboxylic acids is 1. The van der Waals surface area contributed by atoms with Gasteiger partial charge in [-0.05, 0) is 19.1 Å². The van der Waals surface area contributed by atoms with Crippen molar-refractivity contribution < 1.29 is 4.79 Å². The fourth-order valence-electron chi connectivity index (χ4n) is 0.633. The van der Waals surface area contributed by atoms with Crippen LogP contribution in [0.15, 0.2) is 34.7 Å². The molecule has 0 saturated carbocycles. The van der Waals surface area contributed by atoms with Crippen molar-refractivity contribution in [3.63, 3.8) is 0 Å². The third-order valence-corrected chi connectivity index (χ3v) is 1.27. The summed E-state index contributed by atoms with van der Waals surface area (Å²) in [6.45, 7) is 1.68. The lowest BCUT2D eigenvalue weighted by Gasteiger charge is -1.88. The number of rotatable bonds is 1. The second kappa shape index (κ2) is 7.23. The summed E-state index contributed by atoms with van der Waals surface area (Å²) >= 11 is 8.55. The molecule has 3 nitrogen and oxygen atoms in total. The molecule has 0 atom stereocenters. The SMILES string of the molecule is CC(N)=S.O=C(N=S)c1ccccc1. The zero-order chi connectivity index (χ0) is 11.0. The molecule has 1 amide bonds. The Morgan fingerprint density at radius 2 is 1.79 bits per heavy atom. The van der Waals surface area contributed by atoms with Gasteiger partial charge in [0.05, 0.1) is 4.99 Å². The van der Waals surface area contributed by atoms with Crippen molar-refractivity contribution in [3.8, 4) is 0 Å². The van der Waals surface area contributed by atoms with E-state index < -0.39 is 0 Å². The first-order valence-electron chi connectivity index (χ1n) is 3.76. The Morgan fingerprint density at radius 1 is 1.36 bits per heavy atom. The minimum absolute atomic E-state index is 0.351. The predicted octanol–water partition coefficient (Wildman–Crippen LogP) is 1.85. The van der Waals surface area contributed by atoms with Gasteiger partial charge in [-0.2, -0.15) is 0 Å². The summed E-state index contributed by atoms with van der Waals surface area (Å²) in [4.78, 5) is 11.2. The molecule has 74 valence electrons. The van der Waals surface area contributed by atoms with Crippen molar-refractivity contribution in [2.45, 2.75) is 6.92 Å². The lowest BCUT2D eigenvalue weighted by atomic mass is 10.2. The maximum atomic E-state index is 10.7. The molecule has 1 aromatic rings. The van der Waals surface area contributed by atoms with Crippen molar-refractivity contribution in [3.05, 3.63) is 35.9 Å². The van der Waals surface area contributed by atoms with Gasteiger partial charge < -0.3 is 5.73 Å². The zero-order valence-electron chi connectivity index (χ0n) is 7.64. The minimum Gasteiger partial charge on any atom is -0.394 e. The molecular formula is C9H10N2OS2. The van der Waals surface area contributed by atoms with E-state index in [0.717, 1.165) is 0 Å². The Labute approximate surface area is 93.5 Å². The third kappa shape index (κ3) is 6.33. The number of thiocarbonyl (C=S) groups is 1. The first kappa shape index (κ1) is 12.8. The first-order valence-corrected chi connectivity index (χ1v) is 4.54. The molecule has 0 fully saturated rings. The fourth-order valence-corrected chi connectivity index (χ4v) is 0.739. The van der Waals surface area contributed by atoms with Crippen LogP contribution in [0.25, 0.3) is 0 Å². The lowest BCUT2D eigenvalue weighted by Crippen LogP contribution is -1.98. The highest BCUT2D eigenvalue weighted by atomic mass is 32.1.